The molecule has 0 spiro atoms. The first-order valence-corrected chi connectivity index (χ1v) is 11.8. The normalized spacial score (nSPS) is 46.2. The van der Waals surface area contributed by atoms with Crippen LogP contribution < -0.4 is 16.4 Å². The Hall–Kier alpha value is -1.10. The maximum absolute atomic E-state index is 13.0. The topological polar surface area (TPSA) is 84.2 Å². The summed E-state index contributed by atoms with van der Waals surface area (Å²) in [7, 11) is 0. The van der Waals surface area contributed by atoms with E-state index in [-0.39, 0.29) is 17.2 Å². The Morgan fingerprint density at radius 3 is 2.04 bits per heavy atom. The van der Waals surface area contributed by atoms with Gasteiger partial charge in [-0.2, -0.15) is 0 Å². The fourth-order valence-corrected chi connectivity index (χ4v) is 8.15. The van der Waals surface area contributed by atoms with Crippen LogP contribution in [0.5, 0.6) is 0 Å². The lowest BCUT2D eigenvalue weighted by Gasteiger charge is -2.55. The first-order chi connectivity index (χ1) is 13.5. The van der Waals surface area contributed by atoms with Crippen LogP contribution in [-0.4, -0.2) is 30.4 Å². The van der Waals surface area contributed by atoms with Gasteiger partial charge in [0.2, 0.25) is 11.8 Å². The standard InChI is InChI=1S/C23H37N3O2/c24-19-9-17-2-1-3-18(10-19)21(17)26-20(27)4-5-25-22(28)23-11-14-6-15(12-23)8-16(7-14)13-23/h14-19,21H,1-13,24H2,(H,25,28)(H,26,27). The number of nitrogens with one attached hydrogen (secondary N) is 2. The molecular formula is C23H37N3O2. The number of amides is 2. The van der Waals surface area contributed by atoms with Crippen LogP contribution in [0.1, 0.15) is 77.0 Å². The largest absolute Gasteiger partial charge is 0.355 e. The fraction of sp³-hybridized carbons (Fsp3) is 0.913. The Balaban J connectivity index is 1.10. The van der Waals surface area contributed by atoms with Crippen LogP contribution in [0.15, 0.2) is 0 Å². The number of carbonyl (C=O) groups excluding carboxylic acids is 2. The lowest BCUT2D eigenvalue weighted by atomic mass is 9.49. The van der Waals surface area contributed by atoms with E-state index in [0.717, 1.165) is 49.9 Å². The van der Waals surface area contributed by atoms with Crippen molar-refractivity contribution in [1.29, 1.82) is 0 Å². The molecular weight excluding hydrogens is 350 g/mol. The van der Waals surface area contributed by atoms with E-state index in [9.17, 15) is 9.59 Å². The van der Waals surface area contributed by atoms with Crippen molar-refractivity contribution in [2.45, 2.75) is 89.1 Å². The third kappa shape index (κ3) is 3.48. The van der Waals surface area contributed by atoms with Gasteiger partial charge in [0.25, 0.3) is 0 Å². The van der Waals surface area contributed by atoms with Crippen LogP contribution in [0.2, 0.25) is 0 Å². The molecule has 0 heterocycles. The van der Waals surface area contributed by atoms with Gasteiger partial charge in [-0.3, -0.25) is 9.59 Å². The zero-order chi connectivity index (χ0) is 19.3. The molecule has 6 fully saturated rings. The molecule has 4 N–H and O–H groups in total. The minimum Gasteiger partial charge on any atom is -0.355 e. The van der Waals surface area contributed by atoms with Crippen molar-refractivity contribution in [2.24, 2.45) is 40.7 Å². The van der Waals surface area contributed by atoms with E-state index in [2.05, 4.69) is 10.6 Å². The van der Waals surface area contributed by atoms with Crippen molar-refractivity contribution in [3.05, 3.63) is 0 Å². The highest BCUT2D eigenvalue weighted by molar-refractivity contribution is 5.84. The summed E-state index contributed by atoms with van der Waals surface area (Å²) in [4.78, 5) is 25.6. The number of fused-ring (bicyclic) bond motifs is 2. The summed E-state index contributed by atoms with van der Waals surface area (Å²) in [6.45, 7) is 0.480. The summed E-state index contributed by atoms with van der Waals surface area (Å²) in [6, 6.07) is 0.614. The van der Waals surface area contributed by atoms with Gasteiger partial charge in [-0.15, -0.1) is 0 Å². The van der Waals surface area contributed by atoms with E-state index in [4.69, 9.17) is 5.73 Å². The second kappa shape index (κ2) is 7.30. The van der Waals surface area contributed by atoms with E-state index >= 15 is 0 Å². The first kappa shape index (κ1) is 18.9. The molecule has 5 heteroatoms. The summed E-state index contributed by atoms with van der Waals surface area (Å²) < 4.78 is 0. The molecule has 0 aromatic carbocycles. The predicted molar refractivity (Wildman–Crippen MR) is 108 cm³/mol. The fourth-order valence-electron chi connectivity index (χ4n) is 8.15. The predicted octanol–water partition coefficient (Wildman–Crippen LogP) is 2.73. The van der Waals surface area contributed by atoms with Crippen molar-refractivity contribution >= 4 is 11.8 Å². The van der Waals surface area contributed by atoms with Gasteiger partial charge < -0.3 is 16.4 Å². The van der Waals surface area contributed by atoms with E-state index < -0.39 is 0 Å². The molecule has 0 aliphatic heterocycles. The Morgan fingerprint density at radius 2 is 1.46 bits per heavy atom. The zero-order valence-corrected chi connectivity index (χ0v) is 17.1. The molecule has 6 bridgehead atoms. The molecule has 6 aliphatic carbocycles. The monoisotopic (exact) mass is 387 g/mol. The van der Waals surface area contributed by atoms with E-state index in [1.54, 1.807) is 0 Å². The highest BCUT2D eigenvalue weighted by Crippen LogP contribution is 2.60. The number of carbonyl (C=O) groups is 2. The number of rotatable bonds is 5. The third-order valence-corrected chi connectivity index (χ3v) is 8.86. The van der Waals surface area contributed by atoms with E-state index in [1.165, 1.54) is 38.5 Å². The Kier molecular flexibility index (Phi) is 4.93. The SMILES string of the molecule is NC1CC2CCCC(C1)C2NC(=O)CCNC(=O)C12CC3CC(CC(C3)C1)C2. The molecule has 2 unspecified atom stereocenters. The summed E-state index contributed by atoms with van der Waals surface area (Å²) in [5.74, 6) is 3.76. The lowest BCUT2D eigenvalue weighted by Crippen LogP contribution is -2.55. The van der Waals surface area contributed by atoms with Gasteiger partial charge in [0.05, 0.1) is 0 Å². The number of hydrogen-bond donors (Lipinski definition) is 3. The number of nitrogens with two attached hydrogens (primary N) is 1. The molecule has 6 aliphatic rings. The molecule has 5 nitrogen and oxygen atoms in total. The van der Waals surface area contributed by atoms with Gasteiger partial charge in [0.15, 0.2) is 0 Å². The second-order valence-corrected chi connectivity index (χ2v) is 11.0. The second-order valence-electron chi connectivity index (χ2n) is 11.0. The lowest BCUT2D eigenvalue weighted by molar-refractivity contribution is -0.146. The molecule has 0 aromatic rings. The molecule has 0 radical (unpaired) electrons. The Labute approximate surface area is 169 Å². The van der Waals surface area contributed by atoms with Gasteiger partial charge in [-0.25, -0.2) is 0 Å². The van der Waals surface area contributed by atoms with Gasteiger partial charge >= 0.3 is 0 Å². The Bertz CT molecular complexity index is 584. The molecule has 0 saturated heterocycles. The van der Waals surface area contributed by atoms with Crippen LogP contribution in [0.4, 0.5) is 0 Å². The molecule has 6 rings (SSSR count). The average Bonchev–Trinajstić information content (AvgIpc) is 2.61. The first-order valence-electron chi connectivity index (χ1n) is 11.8. The van der Waals surface area contributed by atoms with Gasteiger partial charge in [0, 0.05) is 30.5 Å². The van der Waals surface area contributed by atoms with Crippen LogP contribution in [0.3, 0.4) is 0 Å². The Morgan fingerprint density at radius 1 is 0.893 bits per heavy atom. The molecule has 2 amide bonds. The molecule has 6 saturated carbocycles. The molecule has 0 aromatic heterocycles. The van der Waals surface area contributed by atoms with Crippen molar-refractivity contribution in [2.75, 3.05) is 6.54 Å². The van der Waals surface area contributed by atoms with Crippen LogP contribution in [0.25, 0.3) is 0 Å². The van der Waals surface area contributed by atoms with Crippen LogP contribution in [0, 0.1) is 35.0 Å². The minimum atomic E-state index is -0.109. The maximum Gasteiger partial charge on any atom is 0.226 e. The quantitative estimate of drug-likeness (QED) is 0.678. The van der Waals surface area contributed by atoms with E-state index in [0.29, 0.717) is 36.9 Å². The highest BCUT2D eigenvalue weighted by Gasteiger charge is 2.54. The number of hydrogen-bond acceptors (Lipinski definition) is 3. The minimum absolute atomic E-state index is 0.100. The van der Waals surface area contributed by atoms with Crippen LogP contribution >= 0.6 is 0 Å². The van der Waals surface area contributed by atoms with Gasteiger partial charge in [0.1, 0.15) is 0 Å². The maximum atomic E-state index is 13.0. The molecule has 2 atom stereocenters. The van der Waals surface area contributed by atoms with Gasteiger partial charge in [-0.1, -0.05) is 6.42 Å². The summed E-state index contributed by atoms with van der Waals surface area (Å²) in [6.07, 6.45) is 13.5. The molecule has 156 valence electrons. The van der Waals surface area contributed by atoms with Crippen LogP contribution in [-0.2, 0) is 9.59 Å². The molecule has 28 heavy (non-hydrogen) atoms. The average molecular weight is 388 g/mol. The smallest absolute Gasteiger partial charge is 0.226 e. The van der Waals surface area contributed by atoms with Crippen molar-refractivity contribution < 1.29 is 9.59 Å². The van der Waals surface area contributed by atoms with Crippen molar-refractivity contribution in [3.63, 3.8) is 0 Å². The zero-order valence-electron chi connectivity index (χ0n) is 17.1. The third-order valence-electron chi connectivity index (χ3n) is 8.86. The summed E-state index contributed by atoms with van der Waals surface area (Å²) in [5.41, 5.74) is 6.09. The summed E-state index contributed by atoms with van der Waals surface area (Å²) in [5, 5.41) is 6.45. The van der Waals surface area contributed by atoms with Crippen molar-refractivity contribution in [1.82, 2.24) is 10.6 Å². The summed E-state index contributed by atoms with van der Waals surface area (Å²) >= 11 is 0. The highest BCUT2D eigenvalue weighted by atomic mass is 16.2. The van der Waals surface area contributed by atoms with Gasteiger partial charge in [-0.05, 0) is 93.8 Å². The van der Waals surface area contributed by atoms with E-state index in [1.807, 2.05) is 0 Å². The van der Waals surface area contributed by atoms with Crippen molar-refractivity contribution in [3.8, 4) is 0 Å².